The fourth-order valence-corrected chi connectivity index (χ4v) is 3.53. The second-order valence-electron chi connectivity index (χ2n) is 4.78. The second-order valence-corrected chi connectivity index (χ2v) is 7.25. The van der Waals surface area contributed by atoms with E-state index < -0.39 is 10.0 Å². The minimum absolute atomic E-state index is 0.0894. The molecule has 3 nitrogen and oxygen atoms in total. The fraction of sp³-hybridized carbons (Fsp3) is 0. The van der Waals surface area contributed by atoms with E-state index in [2.05, 4.69) is 0 Å². The Hall–Kier alpha value is -2.02. The van der Waals surface area contributed by atoms with Crippen LogP contribution in [0, 0.1) is 5.82 Å². The zero-order chi connectivity index (χ0) is 15.7. The number of benzene rings is 2. The quantitative estimate of drug-likeness (QED) is 0.791. The molecule has 1 aromatic heterocycles. The summed E-state index contributed by atoms with van der Waals surface area (Å²) in [7, 11) is -3.68. The number of primary sulfonamides is 1. The van der Waals surface area contributed by atoms with Crippen LogP contribution in [0.15, 0.2) is 64.9 Å². The first-order chi connectivity index (χ1) is 10.4. The summed E-state index contributed by atoms with van der Waals surface area (Å²) in [6.07, 6.45) is 0. The Kier molecular flexibility index (Phi) is 3.82. The summed E-state index contributed by atoms with van der Waals surface area (Å²) >= 11 is 1.54. The SMILES string of the molecule is NS(=O)(=O)c1ccc(-c2cc(-c3ccc(F)cc3)cs2)cc1. The van der Waals surface area contributed by atoms with Gasteiger partial charge in [0.05, 0.1) is 4.90 Å². The van der Waals surface area contributed by atoms with Crippen molar-refractivity contribution in [3.8, 4) is 21.6 Å². The molecule has 0 saturated heterocycles. The van der Waals surface area contributed by atoms with E-state index in [1.807, 2.05) is 11.4 Å². The molecule has 0 bridgehead atoms. The molecule has 0 fully saturated rings. The van der Waals surface area contributed by atoms with Crippen molar-refractivity contribution in [2.24, 2.45) is 5.14 Å². The summed E-state index contributed by atoms with van der Waals surface area (Å²) < 4.78 is 35.4. The number of hydrogen-bond acceptors (Lipinski definition) is 3. The van der Waals surface area contributed by atoms with Crippen molar-refractivity contribution >= 4 is 21.4 Å². The maximum Gasteiger partial charge on any atom is 0.238 e. The maximum absolute atomic E-state index is 13.0. The molecular weight excluding hydrogens is 321 g/mol. The van der Waals surface area contributed by atoms with Gasteiger partial charge in [-0.3, -0.25) is 0 Å². The Labute approximate surface area is 131 Å². The minimum atomic E-state index is -3.68. The molecular formula is C16H12FNO2S2. The first-order valence-electron chi connectivity index (χ1n) is 6.41. The number of nitrogens with two attached hydrogens (primary N) is 1. The molecule has 2 N–H and O–H groups in total. The van der Waals surface area contributed by atoms with Gasteiger partial charge in [-0.05, 0) is 52.4 Å². The van der Waals surface area contributed by atoms with E-state index in [1.165, 1.54) is 24.3 Å². The molecule has 112 valence electrons. The van der Waals surface area contributed by atoms with Gasteiger partial charge >= 0.3 is 0 Å². The van der Waals surface area contributed by atoms with Crippen LogP contribution in [0.5, 0.6) is 0 Å². The van der Waals surface area contributed by atoms with Crippen LogP contribution in [0.1, 0.15) is 0 Å². The molecule has 0 aliphatic heterocycles. The van der Waals surface area contributed by atoms with Crippen LogP contribution >= 0.6 is 11.3 Å². The molecule has 0 unspecified atom stereocenters. The van der Waals surface area contributed by atoms with Gasteiger partial charge in [0.2, 0.25) is 10.0 Å². The first-order valence-corrected chi connectivity index (χ1v) is 8.84. The van der Waals surface area contributed by atoms with Gasteiger partial charge < -0.3 is 0 Å². The minimum Gasteiger partial charge on any atom is -0.225 e. The number of hydrogen-bond donors (Lipinski definition) is 1. The summed E-state index contributed by atoms with van der Waals surface area (Å²) in [5.74, 6) is -0.266. The van der Waals surface area contributed by atoms with Crippen molar-refractivity contribution in [3.05, 3.63) is 65.8 Å². The number of thiophene rings is 1. The highest BCUT2D eigenvalue weighted by Crippen LogP contribution is 2.33. The van der Waals surface area contributed by atoms with Crippen LogP contribution in [-0.2, 0) is 10.0 Å². The van der Waals surface area contributed by atoms with E-state index in [0.717, 1.165) is 21.6 Å². The van der Waals surface area contributed by atoms with Gasteiger partial charge in [0.1, 0.15) is 5.82 Å². The van der Waals surface area contributed by atoms with Gasteiger partial charge in [-0.1, -0.05) is 24.3 Å². The highest BCUT2D eigenvalue weighted by Gasteiger charge is 2.09. The number of sulfonamides is 1. The summed E-state index contributed by atoms with van der Waals surface area (Å²) in [6, 6.07) is 14.7. The van der Waals surface area contributed by atoms with Crippen molar-refractivity contribution < 1.29 is 12.8 Å². The fourth-order valence-electron chi connectivity index (χ4n) is 2.09. The average Bonchev–Trinajstić information content (AvgIpc) is 2.97. The lowest BCUT2D eigenvalue weighted by Gasteiger charge is -2.00. The molecule has 2 aromatic carbocycles. The predicted octanol–water partition coefficient (Wildman–Crippen LogP) is 3.87. The molecule has 1 heterocycles. The van der Waals surface area contributed by atoms with E-state index in [-0.39, 0.29) is 10.7 Å². The van der Waals surface area contributed by atoms with Crippen molar-refractivity contribution in [2.75, 3.05) is 0 Å². The Bertz CT molecular complexity index is 898. The van der Waals surface area contributed by atoms with Gasteiger partial charge in [-0.15, -0.1) is 11.3 Å². The van der Waals surface area contributed by atoms with E-state index >= 15 is 0 Å². The van der Waals surface area contributed by atoms with Crippen LogP contribution in [0.2, 0.25) is 0 Å². The van der Waals surface area contributed by atoms with E-state index in [9.17, 15) is 12.8 Å². The van der Waals surface area contributed by atoms with Gasteiger partial charge in [-0.25, -0.2) is 17.9 Å². The second kappa shape index (κ2) is 5.64. The van der Waals surface area contributed by atoms with Crippen molar-refractivity contribution in [3.63, 3.8) is 0 Å². The maximum atomic E-state index is 13.0. The molecule has 0 amide bonds. The van der Waals surface area contributed by atoms with Gasteiger partial charge in [0.15, 0.2) is 0 Å². The van der Waals surface area contributed by atoms with Gasteiger partial charge in [0, 0.05) is 4.88 Å². The van der Waals surface area contributed by atoms with Crippen LogP contribution in [-0.4, -0.2) is 8.42 Å². The summed E-state index contributed by atoms with van der Waals surface area (Å²) in [5.41, 5.74) is 2.84. The molecule has 6 heteroatoms. The third-order valence-corrected chi connectivity index (χ3v) is 5.15. The number of halogens is 1. The topological polar surface area (TPSA) is 60.2 Å². The summed E-state index contributed by atoms with van der Waals surface area (Å²) in [4.78, 5) is 1.09. The average molecular weight is 333 g/mol. The van der Waals surface area contributed by atoms with Crippen LogP contribution in [0.25, 0.3) is 21.6 Å². The largest absolute Gasteiger partial charge is 0.238 e. The zero-order valence-corrected chi connectivity index (χ0v) is 13.0. The first kappa shape index (κ1) is 14.9. The lowest BCUT2D eigenvalue weighted by molar-refractivity contribution is 0.598. The summed E-state index contributed by atoms with van der Waals surface area (Å²) in [5, 5.41) is 7.06. The molecule has 0 radical (unpaired) electrons. The molecule has 0 aliphatic rings. The van der Waals surface area contributed by atoms with Crippen molar-refractivity contribution in [1.82, 2.24) is 0 Å². The standard InChI is InChI=1S/C16H12FNO2S2/c17-14-5-1-11(2-6-14)13-9-16(21-10-13)12-3-7-15(8-4-12)22(18,19)20/h1-10H,(H2,18,19,20). The van der Waals surface area contributed by atoms with Crippen LogP contribution in [0.4, 0.5) is 4.39 Å². The third kappa shape index (κ3) is 3.09. The lowest BCUT2D eigenvalue weighted by Crippen LogP contribution is -2.11. The Morgan fingerprint density at radius 1 is 0.864 bits per heavy atom. The van der Waals surface area contributed by atoms with E-state index in [4.69, 9.17) is 5.14 Å². The third-order valence-electron chi connectivity index (χ3n) is 3.24. The monoisotopic (exact) mass is 333 g/mol. The van der Waals surface area contributed by atoms with Gasteiger partial charge in [0.25, 0.3) is 0 Å². The lowest BCUT2D eigenvalue weighted by atomic mass is 10.1. The van der Waals surface area contributed by atoms with Crippen molar-refractivity contribution in [2.45, 2.75) is 4.90 Å². The molecule has 22 heavy (non-hydrogen) atoms. The molecule has 0 atom stereocenters. The van der Waals surface area contributed by atoms with Crippen LogP contribution in [0.3, 0.4) is 0 Å². The number of rotatable bonds is 3. The molecule has 0 aliphatic carbocycles. The molecule has 0 saturated carbocycles. The van der Waals surface area contributed by atoms with Crippen molar-refractivity contribution in [1.29, 1.82) is 0 Å². The Morgan fingerprint density at radius 3 is 2.05 bits per heavy atom. The molecule has 3 aromatic rings. The van der Waals surface area contributed by atoms with Gasteiger partial charge in [-0.2, -0.15) is 0 Å². The van der Waals surface area contributed by atoms with Crippen LogP contribution < -0.4 is 5.14 Å². The molecule has 3 rings (SSSR count). The smallest absolute Gasteiger partial charge is 0.225 e. The van der Waals surface area contributed by atoms with E-state index in [0.29, 0.717) is 0 Å². The Morgan fingerprint density at radius 2 is 1.45 bits per heavy atom. The highest BCUT2D eigenvalue weighted by atomic mass is 32.2. The normalized spacial score (nSPS) is 11.5. The Balaban J connectivity index is 1.92. The predicted molar refractivity (Wildman–Crippen MR) is 86.5 cm³/mol. The van der Waals surface area contributed by atoms with E-state index in [1.54, 1.807) is 35.6 Å². The molecule has 0 spiro atoms. The highest BCUT2D eigenvalue weighted by molar-refractivity contribution is 7.89. The summed E-state index contributed by atoms with van der Waals surface area (Å²) in [6.45, 7) is 0. The zero-order valence-electron chi connectivity index (χ0n) is 11.4.